The van der Waals surface area contributed by atoms with Gasteiger partial charge in [0.2, 0.25) is 10.0 Å². The quantitative estimate of drug-likeness (QED) is 0.794. The molecule has 1 aromatic heterocycles. The molecule has 5 nitrogen and oxygen atoms in total. The lowest BCUT2D eigenvalue weighted by molar-refractivity contribution is 0.484. The summed E-state index contributed by atoms with van der Waals surface area (Å²) in [6, 6.07) is 12.9. The first-order chi connectivity index (χ1) is 11.6. The summed E-state index contributed by atoms with van der Waals surface area (Å²) in [6.45, 7) is 1.21. The van der Waals surface area contributed by atoms with E-state index in [1.165, 1.54) is 0 Å². The highest BCUT2D eigenvalue weighted by atomic mass is 32.2. The van der Waals surface area contributed by atoms with Crippen molar-refractivity contribution in [3.05, 3.63) is 59.9 Å². The molecule has 24 heavy (non-hydrogen) atoms. The number of hydrogen-bond donors (Lipinski definition) is 1. The van der Waals surface area contributed by atoms with Crippen LogP contribution in [0.1, 0.15) is 24.1 Å². The van der Waals surface area contributed by atoms with E-state index in [4.69, 9.17) is 0 Å². The summed E-state index contributed by atoms with van der Waals surface area (Å²) in [5, 5.41) is 6.30. The first kappa shape index (κ1) is 15.4. The number of sulfonamides is 1. The normalized spacial score (nSPS) is 14.7. The highest BCUT2D eigenvalue weighted by Gasteiger charge is 2.18. The van der Waals surface area contributed by atoms with Gasteiger partial charge in [-0.3, -0.25) is 4.68 Å². The zero-order valence-corrected chi connectivity index (χ0v) is 14.1. The van der Waals surface area contributed by atoms with Crippen LogP contribution in [0.5, 0.6) is 0 Å². The molecule has 1 N–H and O–H groups in total. The molecule has 0 spiro atoms. The lowest BCUT2D eigenvalue weighted by Crippen LogP contribution is -2.24. The minimum atomic E-state index is -3.54. The summed E-state index contributed by atoms with van der Waals surface area (Å²) in [5.41, 5.74) is 2.13. The SMILES string of the molecule is O=S(=O)(NCc1cnn2c1CCCC2)c1ccc2ccccc2c1. The molecule has 1 aliphatic rings. The van der Waals surface area contributed by atoms with Crippen molar-refractivity contribution in [3.63, 3.8) is 0 Å². The van der Waals surface area contributed by atoms with Crippen molar-refractivity contribution in [2.24, 2.45) is 0 Å². The number of fused-ring (bicyclic) bond motifs is 2. The van der Waals surface area contributed by atoms with Crippen molar-refractivity contribution in [2.45, 2.75) is 37.2 Å². The van der Waals surface area contributed by atoms with Crippen LogP contribution in [0.2, 0.25) is 0 Å². The van der Waals surface area contributed by atoms with Gasteiger partial charge >= 0.3 is 0 Å². The molecule has 124 valence electrons. The molecule has 0 amide bonds. The third-order valence-electron chi connectivity index (χ3n) is 4.55. The van der Waals surface area contributed by atoms with E-state index in [1.807, 2.05) is 35.0 Å². The fourth-order valence-electron chi connectivity index (χ4n) is 3.22. The van der Waals surface area contributed by atoms with Crippen LogP contribution in [-0.2, 0) is 29.5 Å². The molecule has 0 aliphatic carbocycles. The standard InChI is InChI=1S/C18H19N3O2S/c22-24(23,17-9-8-14-5-1-2-6-15(14)11-17)20-13-16-12-19-21-10-4-3-7-18(16)21/h1-2,5-6,8-9,11-12,20H,3-4,7,10,13H2. The van der Waals surface area contributed by atoms with Crippen molar-refractivity contribution in [3.8, 4) is 0 Å². The molecule has 0 radical (unpaired) electrons. The second-order valence-corrected chi connectivity index (χ2v) is 7.90. The van der Waals surface area contributed by atoms with Gasteiger partial charge < -0.3 is 0 Å². The van der Waals surface area contributed by atoms with Gasteiger partial charge in [0.1, 0.15) is 0 Å². The molecule has 0 saturated carbocycles. The Hall–Kier alpha value is -2.18. The molecule has 0 saturated heterocycles. The summed E-state index contributed by atoms with van der Waals surface area (Å²) in [4.78, 5) is 0.294. The summed E-state index contributed by atoms with van der Waals surface area (Å²) in [5.74, 6) is 0. The van der Waals surface area contributed by atoms with Crippen LogP contribution in [0.15, 0.2) is 53.6 Å². The highest BCUT2D eigenvalue weighted by Crippen LogP contribution is 2.21. The van der Waals surface area contributed by atoms with E-state index < -0.39 is 10.0 Å². The van der Waals surface area contributed by atoms with Gasteiger partial charge in [0, 0.05) is 24.3 Å². The average Bonchev–Trinajstić information content (AvgIpc) is 3.03. The minimum Gasteiger partial charge on any atom is -0.269 e. The lowest BCUT2D eigenvalue weighted by Gasteiger charge is -2.15. The molecule has 0 atom stereocenters. The molecule has 2 heterocycles. The zero-order valence-electron chi connectivity index (χ0n) is 13.3. The van der Waals surface area contributed by atoms with Gasteiger partial charge in [-0.1, -0.05) is 30.3 Å². The first-order valence-corrected chi connectivity index (χ1v) is 9.64. The Bertz CT molecular complexity index is 992. The Morgan fingerprint density at radius 3 is 2.79 bits per heavy atom. The van der Waals surface area contributed by atoms with E-state index in [9.17, 15) is 8.42 Å². The van der Waals surface area contributed by atoms with Crippen LogP contribution in [0.25, 0.3) is 10.8 Å². The molecule has 4 rings (SSSR count). The van der Waals surface area contributed by atoms with Gasteiger partial charge in [0.05, 0.1) is 11.1 Å². The van der Waals surface area contributed by atoms with Crippen LogP contribution in [0.4, 0.5) is 0 Å². The summed E-state index contributed by atoms with van der Waals surface area (Å²) in [6.07, 6.45) is 5.02. The van der Waals surface area contributed by atoms with Crippen molar-refractivity contribution in [2.75, 3.05) is 0 Å². The molecule has 0 bridgehead atoms. The molecule has 0 fully saturated rings. The molecule has 0 unspecified atom stereocenters. The predicted octanol–water partition coefficient (Wildman–Crippen LogP) is 2.85. The van der Waals surface area contributed by atoms with Crippen LogP contribution in [0.3, 0.4) is 0 Å². The monoisotopic (exact) mass is 341 g/mol. The zero-order chi connectivity index (χ0) is 16.6. The topological polar surface area (TPSA) is 64.0 Å². The van der Waals surface area contributed by atoms with Gasteiger partial charge in [-0.05, 0) is 42.2 Å². The molecule has 3 aromatic rings. The molecule has 6 heteroatoms. The summed E-state index contributed by atoms with van der Waals surface area (Å²) in [7, 11) is -3.54. The van der Waals surface area contributed by atoms with E-state index in [0.29, 0.717) is 4.90 Å². The maximum absolute atomic E-state index is 12.6. The van der Waals surface area contributed by atoms with Crippen LogP contribution >= 0.6 is 0 Å². The van der Waals surface area contributed by atoms with Crippen LogP contribution in [-0.4, -0.2) is 18.2 Å². The maximum Gasteiger partial charge on any atom is 0.240 e. The van der Waals surface area contributed by atoms with Gasteiger partial charge in [-0.25, -0.2) is 13.1 Å². The molecule has 2 aromatic carbocycles. The Morgan fingerprint density at radius 2 is 1.92 bits per heavy atom. The number of hydrogen-bond acceptors (Lipinski definition) is 3. The Balaban J connectivity index is 1.57. The lowest BCUT2D eigenvalue weighted by atomic mass is 10.1. The second kappa shape index (κ2) is 6.03. The van der Waals surface area contributed by atoms with Crippen LogP contribution in [0, 0.1) is 0 Å². The molecular formula is C18H19N3O2S. The Kier molecular flexibility index (Phi) is 3.86. The van der Waals surface area contributed by atoms with Gasteiger partial charge in [-0.2, -0.15) is 5.10 Å². The number of benzene rings is 2. The number of nitrogens with zero attached hydrogens (tertiary/aromatic N) is 2. The summed E-state index contributed by atoms with van der Waals surface area (Å²) >= 11 is 0. The predicted molar refractivity (Wildman–Crippen MR) is 93.1 cm³/mol. The second-order valence-electron chi connectivity index (χ2n) is 6.13. The number of rotatable bonds is 4. The number of aromatic nitrogens is 2. The molecular weight excluding hydrogens is 322 g/mol. The Morgan fingerprint density at radius 1 is 1.08 bits per heavy atom. The largest absolute Gasteiger partial charge is 0.269 e. The van der Waals surface area contributed by atoms with E-state index >= 15 is 0 Å². The van der Waals surface area contributed by atoms with Crippen molar-refractivity contribution in [1.29, 1.82) is 0 Å². The van der Waals surface area contributed by atoms with Crippen LogP contribution < -0.4 is 4.72 Å². The fraction of sp³-hybridized carbons (Fsp3) is 0.278. The van der Waals surface area contributed by atoms with Gasteiger partial charge in [0.25, 0.3) is 0 Å². The Labute approximate surface area is 141 Å². The summed E-state index contributed by atoms with van der Waals surface area (Å²) < 4.78 is 29.9. The first-order valence-electron chi connectivity index (χ1n) is 8.15. The number of aryl methyl sites for hydroxylation is 1. The van der Waals surface area contributed by atoms with E-state index in [-0.39, 0.29) is 6.54 Å². The highest BCUT2D eigenvalue weighted by molar-refractivity contribution is 7.89. The number of nitrogens with one attached hydrogen (secondary N) is 1. The van der Waals surface area contributed by atoms with Gasteiger partial charge in [-0.15, -0.1) is 0 Å². The van der Waals surface area contributed by atoms with Crippen molar-refractivity contribution >= 4 is 20.8 Å². The van der Waals surface area contributed by atoms with Gasteiger partial charge in [0.15, 0.2) is 0 Å². The van der Waals surface area contributed by atoms with Crippen molar-refractivity contribution < 1.29 is 8.42 Å². The third-order valence-corrected chi connectivity index (χ3v) is 5.95. The van der Waals surface area contributed by atoms with E-state index in [0.717, 1.165) is 47.8 Å². The maximum atomic E-state index is 12.6. The van der Waals surface area contributed by atoms with E-state index in [2.05, 4.69) is 9.82 Å². The minimum absolute atomic E-state index is 0.282. The average molecular weight is 341 g/mol. The smallest absolute Gasteiger partial charge is 0.240 e. The third kappa shape index (κ3) is 2.83. The molecule has 1 aliphatic heterocycles. The fourth-order valence-corrected chi connectivity index (χ4v) is 4.27. The van der Waals surface area contributed by atoms with E-state index in [1.54, 1.807) is 18.3 Å². The van der Waals surface area contributed by atoms with Crippen molar-refractivity contribution in [1.82, 2.24) is 14.5 Å².